The summed E-state index contributed by atoms with van der Waals surface area (Å²) in [5.41, 5.74) is 2.62. The average Bonchev–Trinajstić information content (AvgIpc) is 2.04. The first kappa shape index (κ1) is 8.38. The van der Waals surface area contributed by atoms with Gasteiger partial charge < -0.3 is 4.74 Å². The van der Waals surface area contributed by atoms with Crippen molar-refractivity contribution in [3.8, 4) is 0 Å². The first-order chi connectivity index (χ1) is 5.25. The van der Waals surface area contributed by atoms with Crippen molar-refractivity contribution in [3.05, 3.63) is 23.5 Å². The molecule has 1 aliphatic carbocycles. The lowest BCUT2D eigenvalue weighted by Gasteiger charge is -2.18. The summed E-state index contributed by atoms with van der Waals surface area (Å²) in [6, 6.07) is 0. The van der Waals surface area contributed by atoms with Gasteiger partial charge in [0.25, 0.3) is 0 Å². The van der Waals surface area contributed by atoms with E-state index in [0.29, 0.717) is 0 Å². The van der Waals surface area contributed by atoms with E-state index in [0.717, 1.165) is 18.6 Å². The molecule has 0 aromatic carbocycles. The molecule has 11 heavy (non-hydrogen) atoms. The SMILES string of the molecule is C=C1CCCCC1=C(C)OC. The largest absolute Gasteiger partial charge is 0.501 e. The molecule has 0 heterocycles. The standard InChI is InChI=1S/C10H16O/c1-8-6-4-5-7-10(8)9(2)11-3/h1,4-7H2,2-3H3. The highest BCUT2D eigenvalue weighted by molar-refractivity contribution is 5.31. The number of hydrogen-bond donors (Lipinski definition) is 0. The van der Waals surface area contributed by atoms with E-state index in [4.69, 9.17) is 4.74 Å². The van der Waals surface area contributed by atoms with Crippen LogP contribution in [0.1, 0.15) is 32.6 Å². The third-order valence-electron chi connectivity index (χ3n) is 2.31. The van der Waals surface area contributed by atoms with Gasteiger partial charge in [-0.25, -0.2) is 0 Å². The molecule has 0 amide bonds. The number of ether oxygens (including phenoxy) is 1. The van der Waals surface area contributed by atoms with Crippen molar-refractivity contribution >= 4 is 0 Å². The fourth-order valence-electron chi connectivity index (χ4n) is 1.52. The topological polar surface area (TPSA) is 9.23 Å². The van der Waals surface area contributed by atoms with Crippen LogP contribution in [0.3, 0.4) is 0 Å². The maximum absolute atomic E-state index is 5.18. The molecule has 0 radical (unpaired) electrons. The number of methoxy groups -OCH3 is 1. The molecule has 62 valence electrons. The summed E-state index contributed by atoms with van der Waals surface area (Å²) in [6.45, 7) is 6.05. The summed E-state index contributed by atoms with van der Waals surface area (Å²) in [4.78, 5) is 0. The van der Waals surface area contributed by atoms with Gasteiger partial charge in [-0.3, -0.25) is 0 Å². The van der Waals surface area contributed by atoms with Gasteiger partial charge in [-0.15, -0.1) is 0 Å². The van der Waals surface area contributed by atoms with E-state index < -0.39 is 0 Å². The molecule has 1 fully saturated rings. The van der Waals surface area contributed by atoms with E-state index in [-0.39, 0.29) is 0 Å². The summed E-state index contributed by atoms with van der Waals surface area (Å²) in [6.07, 6.45) is 4.88. The summed E-state index contributed by atoms with van der Waals surface area (Å²) >= 11 is 0. The van der Waals surface area contributed by atoms with Gasteiger partial charge in [-0.1, -0.05) is 6.58 Å². The Morgan fingerprint density at radius 3 is 2.55 bits per heavy atom. The van der Waals surface area contributed by atoms with Crippen LogP contribution in [0.15, 0.2) is 23.5 Å². The molecule has 1 heteroatoms. The van der Waals surface area contributed by atoms with Gasteiger partial charge in [-0.05, 0) is 43.8 Å². The molecule has 0 spiro atoms. The third-order valence-corrected chi connectivity index (χ3v) is 2.31. The normalized spacial score (nSPS) is 23.3. The highest BCUT2D eigenvalue weighted by atomic mass is 16.5. The molecule has 0 bridgehead atoms. The fourth-order valence-corrected chi connectivity index (χ4v) is 1.52. The smallest absolute Gasteiger partial charge is 0.0958 e. The van der Waals surface area contributed by atoms with E-state index in [1.807, 2.05) is 6.92 Å². The highest BCUT2D eigenvalue weighted by Gasteiger charge is 2.12. The zero-order chi connectivity index (χ0) is 8.27. The van der Waals surface area contributed by atoms with Gasteiger partial charge in [0.15, 0.2) is 0 Å². The molecule has 1 rings (SSSR count). The van der Waals surface area contributed by atoms with Crippen LogP contribution in [-0.2, 0) is 4.74 Å². The predicted molar refractivity (Wildman–Crippen MR) is 47.3 cm³/mol. The Balaban J connectivity index is 2.75. The lowest BCUT2D eigenvalue weighted by atomic mass is 9.90. The molecule has 0 aromatic heterocycles. The van der Waals surface area contributed by atoms with Crippen LogP contribution in [0, 0.1) is 0 Å². The second-order valence-corrected chi connectivity index (χ2v) is 3.05. The fraction of sp³-hybridized carbons (Fsp3) is 0.600. The zero-order valence-electron chi connectivity index (χ0n) is 7.44. The van der Waals surface area contributed by atoms with Crippen molar-refractivity contribution < 1.29 is 4.74 Å². The minimum Gasteiger partial charge on any atom is -0.501 e. The van der Waals surface area contributed by atoms with Gasteiger partial charge in [0.2, 0.25) is 0 Å². The van der Waals surface area contributed by atoms with Gasteiger partial charge in [0, 0.05) is 0 Å². The van der Waals surface area contributed by atoms with Gasteiger partial charge in [0.1, 0.15) is 0 Å². The van der Waals surface area contributed by atoms with E-state index in [9.17, 15) is 0 Å². The van der Waals surface area contributed by atoms with E-state index >= 15 is 0 Å². The van der Waals surface area contributed by atoms with Crippen molar-refractivity contribution in [2.75, 3.05) is 7.11 Å². The molecule has 1 aliphatic rings. The second kappa shape index (κ2) is 3.61. The van der Waals surface area contributed by atoms with Crippen molar-refractivity contribution in [2.45, 2.75) is 32.6 Å². The molecule has 0 saturated heterocycles. The zero-order valence-corrected chi connectivity index (χ0v) is 7.44. The molecule has 0 atom stereocenters. The van der Waals surface area contributed by atoms with Crippen molar-refractivity contribution in [2.24, 2.45) is 0 Å². The molecule has 1 saturated carbocycles. The molecular formula is C10H16O. The minimum atomic E-state index is 1.05. The Hall–Kier alpha value is -0.720. The predicted octanol–water partition coefficient (Wildman–Crippen LogP) is 3.04. The van der Waals surface area contributed by atoms with Crippen LogP contribution in [0.2, 0.25) is 0 Å². The first-order valence-electron chi connectivity index (χ1n) is 4.17. The van der Waals surface area contributed by atoms with Crippen molar-refractivity contribution in [1.82, 2.24) is 0 Å². The summed E-state index contributed by atoms with van der Waals surface area (Å²) in [5.74, 6) is 1.05. The molecule has 0 unspecified atom stereocenters. The Kier molecular flexibility index (Phi) is 2.75. The first-order valence-corrected chi connectivity index (χ1v) is 4.17. The molecule has 0 aromatic rings. The van der Waals surface area contributed by atoms with Crippen LogP contribution >= 0.6 is 0 Å². The Labute approximate surface area is 68.8 Å². The Morgan fingerprint density at radius 2 is 2.00 bits per heavy atom. The Morgan fingerprint density at radius 1 is 1.36 bits per heavy atom. The van der Waals surface area contributed by atoms with Crippen LogP contribution in [-0.4, -0.2) is 7.11 Å². The summed E-state index contributed by atoms with van der Waals surface area (Å²) in [7, 11) is 1.73. The third kappa shape index (κ3) is 1.86. The van der Waals surface area contributed by atoms with Gasteiger partial charge in [-0.2, -0.15) is 0 Å². The van der Waals surface area contributed by atoms with Crippen molar-refractivity contribution in [1.29, 1.82) is 0 Å². The average molecular weight is 152 g/mol. The maximum Gasteiger partial charge on any atom is 0.0958 e. The second-order valence-electron chi connectivity index (χ2n) is 3.05. The monoisotopic (exact) mass is 152 g/mol. The lowest BCUT2D eigenvalue weighted by molar-refractivity contribution is 0.286. The highest BCUT2D eigenvalue weighted by Crippen LogP contribution is 2.29. The lowest BCUT2D eigenvalue weighted by Crippen LogP contribution is -2.01. The van der Waals surface area contributed by atoms with Crippen LogP contribution in [0.4, 0.5) is 0 Å². The minimum absolute atomic E-state index is 1.05. The van der Waals surface area contributed by atoms with E-state index in [2.05, 4.69) is 6.58 Å². The summed E-state index contributed by atoms with van der Waals surface area (Å²) in [5, 5.41) is 0. The molecule has 0 aliphatic heterocycles. The van der Waals surface area contributed by atoms with Crippen LogP contribution < -0.4 is 0 Å². The quantitative estimate of drug-likeness (QED) is 0.525. The van der Waals surface area contributed by atoms with E-state index in [1.54, 1.807) is 7.11 Å². The van der Waals surface area contributed by atoms with Crippen molar-refractivity contribution in [3.63, 3.8) is 0 Å². The Bertz CT molecular complexity index is 189. The van der Waals surface area contributed by atoms with Crippen LogP contribution in [0.25, 0.3) is 0 Å². The van der Waals surface area contributed by atoms with Gasteiger partial charge in [0.05, 0.1) is 12.9 Å². The van der Waals surface area contributed by atoms with Crippen LogP contribution in [0.5, 0.6) is 0 Å². The molecule has 0 N–H and O–H groups in total. The molecule has 1 nitrogen and oxygen atoms in total. The summed E-state index contributed by atoms with van der Waals surface area (Å²) < 4.78 is 5.18. The van der Waals surface area contributed by atoms with Gasteiger partial charge >= 0.3 is 0 Å². The van der Waals surface area contributed by atoms with E-state index in [1.165, 1.54) is 24.0 Å². The number of allylic oxidation sites excluding steroid dienone is 3. The molecular weight excluding hydrogens is 136 g/mol. The number of rotatable bonds is 1. The maximum atomic E-state index is 5.18. The number of hydrogen-bond acceptors (Lipinski definition) is 1.